The molecule has 4 heteroatoms. The van der Waals surface area contributed by atoms with Gasteiger partial charge in [0.2, 0.25) is 5.91 Å². The summed E-state index contributed by atoms with van der Waals surface area (Å²) in [5.74, 6) is 0.211. The first-order valence-electron chi connectivity index (χ1n) is 9.77. The molecule has 1 aliphatic rings. The third-order valence-corrected chi connectivity index (χ3v) is 4.72. The Bertz CT molecular complexity index is 360. The summed E-state index contributed by atoms with van der Waals surface area (Å²) in [7, 11) is 0. The summed E-state index contributed by atoms with van der Waals surface area (Å²) in [6, 6.07) is 0. The van der Waals surface area contributed by atoms with Gasteiger partial charge in [0, 0.05) is 39.1 Å². The number of rotatable bonds is 8. The van der Waals surface area contributed by atoms with E-state index in [0.717, 1.165) is 39.0 Å². The highest BCUT2D eigenvalue weighted by molar-refractivity contribution is 5.75. The molecule has 1 amide bonds. The van der Waals surface area contributed by atoms with Crippen LogP contribution >= 0.6 is 0 Å². The van der Waals surface area contributed by atoms with Gasteiger partial charge in [0.05, 0.1) is 0 Å². The molecule has 0 aromatic heterocycles. The third-order valence-electron chi connectivity index (χ3n) is 4.72. The number of nitrogens with one attached hydrogen (secondary N) is 1. The molecule has 0 saturated carbocycles. The number of amides is 1. The fourth-order valence-electron chi connectivity index (χ4n) is 2.86. The van der Waals surface area contributed by atoms with Gasteiger partial charge in [0.25, 0.3) is 0 Å². The Morgan fingerprint density at radius 1 is 0.833 bits per heavy atom. The maximum absolute atomic E-state index is 11.9. The van der Waals surface area contributed by atoms with Gasteiger partial charge in [0.1, 0.15) is 0 Å². The molecule has 0 bridgehead atoms. The first kappa shape index (κ1) is 21.4. The summed E-state index contributed by atoms with van der Waals surface area (Å²) >= 11 is 0. The van der Waals surface area contributed by atoms with Crippen molar-refractivity contribution < 1.29 is 4.79 Å². The molecule has 1 saturated heterocycles. The van der Waals surface area contributed by atoms with E-state index >= 15 is 0 Å². The Morgan fingerprint density at radius 3 is 1.83 bits per heavy atom. The van der Waals surface area contributed by atoms with Crippen LogP contribution in [0.4, 0.5) is 0 Å². The molecule has 1 heterocycles. The van der Waals surface area contributed by atoms with Crippen molar-refractivity contribution in [2.45, 2.75) is 67.2 Å². The van der Waals surface area contributed by atoms with E-state index in [1.165, 1.54) is 26.1 Å². The first-order chi connectivity index (χ1) is 11.1. The van der Waals surface area contributed by atoms with E-state index in [4.69, 9.17) is 0 Å². The van der Waals surface area contributed by atoms with Gasteiger partial charge in [-0.05, 0) is 43.2 Å². The molecule has 0 atom stereocenters. The van der Waals surface area contributed by atoms with Gasteiger partial charge >= 0.3 is 0 Å². The predicted molar refractivity (Wildman–Crippen MR) is 103 cm³/mol. The number of carbonyl (C=O) groups excluding carboxylic acids is 1. The molecule has 142 valence electrons. The van der Waals surface area contributed by atoms with Gasteiger partial charge in [-0.25, -0.2) is 0 Å². The zero-order valence-electron chi connectivity index (χ0n) is 17.1. The van der Waals surface area contributed by atoms with Gasteiger partial charge in [0.15, 0.2) is 0 Å². The second-order valence-electron chi connectivity index (χ2n) is 9.76. The Kier molecular flexibility index (Phi) is 8.72. The predicted octanol–water partition coefficient (Wildman–Crippen LogP) is 3.37. The Hall–Kier alpha value is -0.610. The molecule has 0 unspecified atom stereocenters. The van der Waals surface area contributed by atoms with Crippen molar-refractivity contribution in [1.82, 2.24) is 15.1 Å². The van der Waals surface area contributed by atoms with Crippen LogP contribution in [0.15, 0.2) is 0 Å². The van der Waals surface area contributed by atoms with Crippen molar-refractivity contribution >= 4 is 5.91 Å². The molecule has 0 aromatic rings. The molecule has 1 fully saturated rings. The highest BCUT2D eigenvalue weighted by Gasteiger charge is 2.19. The average molecular weight is 340 g/mol. The molecule has 1 rings (SSSR count). The van der Waals surface area contributed by atoms with Crippen molar-refractivity contribution in [2.75, 3.05) is 45.8 Å². The van der Waals surface area contributed by atoms with Crippen molar-refractivity contribution in [1.29, 1.82) is 0 Å². The van der Waals surface area contributed by atoms with Crippen LogP contribution in [0.25, 0.3) is 0 Å². The quantitative estimate of drug-likeness (QED) is 0.736. The molecule has 24 heavy (non-hydrogen) atoms. The molecule has 1 N–H and O–H groups in total. The lowest BCUT2D eigenvalue weighted by Crippen LogP contribution is -2.47. The van der Waals surface area contributed by atoms with Crippen LogP contribution in [0.2, 0.25) is 0 Å². The Labute approximate surface area is 150 Å². The second kappa shape index (κ2) is 9.76. The molecular weight excluding hydrogens is 298 g/mol. The van der Waals surface area contributed by atoms with Gasteiger partial charge < -0.3 is 15.1 Å². The minimum Gasteiger partial charge on any atom is -0.356 e. The molecule has 0 radical (unpaired) electrons. The summed E-state index contributed by atoms with van der Waals surface area (Å²) in [5.41, 5.74) is 0.720. The maximum atomic E-state index is 11.9. The van der Waals surface area contributed by atoms with Crippen LogP contribution in [0.1, 0.15) is 67.2 Å². The van der Waals surface area contributed by atoms with Crippen molar-refractivity contribution in [3.8, 4) is 0 Å². The summed E-state index contributed by atoms with van der Waals surface area (Å²) in [6.45, 7) is 21.3. The molecule has 1 aliphatic heterocycles. The molecule has 0 spiro atoms. The highest BCUT2D eigenvalue weighted by Crippen LogP contribution is 2.19. The summed E-state index contributed by atoms with van der Waals surface area (Å²) in [4.78, 5) is 17.0. The van der Waals surface area contributed by atoms with E-state index < -0.39 is 0 Å². The minimum absolute atomic E-state index is 0.211. The van der Waals surface area contributed by atoms with E-state index in [2.05, 4.69) is 56.7 Å². The molecule has 0 aromatic carbocycles. The lowest BCUT2D eigenvalue weighted by atomic mass is 9.92. The fraction of sp³-hybridized carbons (Fsp3) is 0.950. The monoisotopic (exact) mass is 339 g/mol. The highest BCUT2D eigenvalue weighted by atomic mass is 16.1. The first-order valence-corrected chi connectivity index (χ1v) is 9.77. The Morgan fingerprint density at radius 2 is 1.33 bits per heavy atom. The van der Waals surface area contributed by atoms with Crippen LogP contribution < -0.4 is 5.32 Å². The summed E-state index contributed by atoms with van der Waals surface area (Å²) in [5, 5.41) is 3.05. The SMILES string of the molecule is CC(C)(C)CCNC(=O)CCCN1CCN(CCC(C)(C)C)CC1. The zero-order valence-corrected chi connectivity index (χ0v) is 17.1. The second-order valence-corrected chi connectivity index (χ2v) is 9.76. The van der Waals surface area contributed by atoms with Crippen LogP contribution in [0, 0.1) is 10.8 Å². The summed E-state index contributed by atoms with van der Waals surface area (Å²) in [6.07, 6.45) is 3.94. The van der Waals surface area contributed by atoms with Crippen molar-refractivity contribution in [3.05, 3.63) is 0 Å². The number of hydrogen-bond acceptors (Lipinski definition) is 3. The van der Waals surface area contributed by atoms with E-state index in [1.807, 2.05) is 0 Å². The minimum atomic E-state index is 0.211. The molecular formula is C20H41N3O. The van der Waals surface area contributed by atoms with Gasteiger partial charge in [-0.1, -0.05) is 41.5 Å². The van der Waals surface area contributed by atoms with Crippen LogP contribution in [-0.4, -0.2) is 61.5 Å². The van der Waals surface area contributed by atoms with Crippen LogP contribution in [0.3, 0.4) is 0 Å². The third kappa shape index (κ3) is 11.0. The molecule has 0 aliphatic carbocycles. The lowest BCUT2D eigenvalue weighted by molar-refractivity contribution is -0.121. The van der Waals surface area contributed by atoms with Gasteiger partial charge in [-0.2, -0.15) is 0 Å². The van der Waals surface area contributed by atoms with Gasteiger partial charge in [-0.3, -0.25) is 4.79 Å². The maximum Gasteiger partial charge on any atom is 0.220 e. The van der Waals surface area contributed by atoms with E-state index in [0.29, 0.717) is 17.3 Å². The van der Waals surface area contributed by atoms with Crippen LogP contribution in [-0.2, 0) is 4.79 Å². The van der Waals surface area contributed by atoms with Crippen molar-refractivity contribution in [2.24, 2.45) is 10.8 Å². The van der Waals surface area contributed by atoms with E-state index in [9.17, 15) is 4.79 Å². The number of nitrogens with zero attached hydrogens (tertiary/aromatic N) is 2. The Balaban J connectivity index is 2.06. The van der Waals surface area contributed by atoms with Crippen molar-refractivity contribution in [3.63, 3.8) is 0 Å². The number of piperazine rings is 1. The lowest BCUT2D eigenvalue weighted by Gasteiger charge is -2.35. The number of hydrogen-bond donors (Lipinski definition) is 1. The average Bonchev–Trinajstić information content (AvgIpc) is 2.44. The smallest absolute Gasteiger partial charge is 0.220 e. The van der Waals surface area contributed by atoms with E-state index in [-0.39, 0.29) is 5.91 Å². The topological polar surface area (TPSA) is 35.6 Å². The zero-order chi connectivity index (χ0) is 18.2. The van der Waals surface area contributed by atoms with Gasteiger partial charge in [-0.15, -0.1) is 0 Å². The summed E-state index contributed by atoms with van der Waals surface area (Å²) < 4.78 is 0. The molecule has 4 nitrogen and oxygen atoms in total. The van der Waals surface area contributed by atoms with E-state index in [1.54, 1.807) is 0 Å². The number of carbonyl (C=O) groups is 1. The fourth-order valence-corrected chi connectivity index (χ4v) is 2.86. The standard InChI is InChI=1S/C20H41N3O/c1-19(2,3)9-11-21-18(24)8-7-12-22-14-16-23(17-15-22)13-10-20(4,5)6/h7-17H2,1-6H3,(H,21,24). The largest absolute Gasteiger partial charge is 0.356 e. The normalized spacial score (nSPS) is 17.9. The van der Waals surface area contributed by atoms with Crippen LogP contribution in [0.5, 0.6) is 0 Å².